The van der Waals surface area contributed by atoms with Gasteiger partial charge < -0.3 is 15.5 Å². The van der Waals surface area contributed by atoms with Gasteiger partial charge in [0.1, 0.15) is 5.76 Å². The van der Waals surface area contributed by atoms with Crippen molar-refractivity contribution in [1.29, 1.82) is 0 Å². The number of nitrogens with zero attached hydrogens (tertiary/aromatic N) is 1. The first-order chi connectivity index (χ1) is 7.67. The SMILES string of the molecule is CCCC(CN)C(=O)NCc1ncc(C)o1. The summed E-state index contributed by atoms with van der Waals surface area (Å²) in [6, 6.07) is 0. The first kappa shape index (κ1) is 12.7. The smallest absolute Gasteiger partial charge is 0.224 e. The normalized spacial score (nSPS) is 12.4. The molecule has 0 bridgehead atoms. The van der Waals surface area contributed by atoms with Crippen LogP contribution in [0.3, 0.4) is 0 Å². The summed E-state index contributed by atoms with van der Waals surface area (Å²) >= 11 is 0. The maximum atomic E-state index is 11.7. The van der Waals surface area contributed by atoms with Crippen LogP contribution >= 0.6 is 0 Å². The Hall–Kier alpha value is -1.36. The summed E-state index contributed by atoms with van der Waals surface area (Å²) in [6.45, 7) is 4.56. The maximum absolute atomic E-state index is 11.7. The quantitative estimate of drug-likeness (QED) is 0.756. The molecule has 1 amide bonds. The molecule has 1 atom stereocenters. The second-order valence-corrected chi connectivity index (χ2v) is 3.80. The van der Waals surface area contributed by atoms with Crippen molar-refractivity contribution >= 4 is 5.91 Å². The van der Waals surface area contributed by atoms with Gasteiger partial charge in [0.25, 0.3) is 0 Å². The zero-order valence-electron chi connectivity index (χ0n) is 9.82. The van der Waals surface area contributed by atoms with Crippen LogP contribution in [-0.4, -0.2) is 17.4 Å². The van der Waals surface area contributed by atoms with Gasteiger partial charge in [0.2, 0.25) is 11.8 Å². The van der Waals surface area contributed by atoms with Gasteiger partial charge in [-0.15, -0.1) is 0 Å². The minimum absolute atomic E-state index is 0.0276. The molecule has 1 heterocycles. The standard InChI is InChI=1S/C11H19N3O2/c1-3-4-9(5-12)11(15)14-7-10-13-6-8(2)16-10/h6,9H,3-5,7,12H2,1-2H3,(H,14,15). The van der Waals surface area contributed by atoms with Crippen molar-refractivity contribution in [2.45, 2.75) is 33.2 Å². The monoisotopic (exact) mass is 225 g/mol. The molecule has 0 aromatic carbocycles. The molecule has 16 heavy (non-hydrogen) atoms. The van der Waals surface area contributed by atoms with E-state index in [-0.39, 0.29) is 11.8 Å². The van der Waals surface area contributed by atoms with Gasteiger partial charge in [-0.1, -0.05) is 13.3 Å². The Morgan fingerprint density at radius 2 is 2.44 bits per heavy atom. The summed E-state index contributed by atoms with van der Waals surface area (Å²) < 4.78 is 5.25. The molecule has 0 saturated carbocycles. The molecule has 90 valence electrons. The molecule has 0 aliphatic rings. The lowest BCUT2D eigenvalue weighted by Crippen LogP contribution is -2.34. The molecule has 0 radical (unpaired) electrons. The van der Waals surface area contributed by atoms with E-state index in [0.717, 1.165) is 18.6 Å². The fourth-order valence-corrected chi connectivity index (χ4v) is 1.49. The number of hydrogen-bond acceptors (Lipinski definition) is 4. The van der Waals surface area contributed by atoms with Crippen LogP contribution < -0.4 is 11.1 Å². The molecule has 5 nitrogen and oxygen atoms in total. The largest absolute Gasteiger partial charge is 0.444 e. The highest BCUT2D eigenvalue weighted by Crippen LogP contribution is 2.05. The molecule has 3 N–H and O–H groups in total. The van der Waals surface area contributed by atoms with E-state index in [1.165, 1.54) is 0 Å². The average molecular weight is 225 g/mol. The van der Waals surface area contributed by atoms with Crippen LogP contribution in [0.5, 0.6) is 0 Å². The van der Waals surface area contributed by atoms with Crippen molar-refractivity contribution in [1.82, 2.24) is 10.3 Å². The summed E-state index contributed by atoms with van der Waals surface area (Å²) in [5.74, 6) is 1.13. The Balaban J connectivity index is 2.39. The highest BCUT2D eigenvalue weighted by molar-refractivity contribution is 5.78. The van der Waals surface area contributed by atoms with Crippen molar-refractivity contribution in [2.24, 2.45) is 11.7 Å². The number of amides is 1. The summed E-state index contributed by atoms with van der Waals surface area (Å²) in [7, 11) is 0. The van der Waals surface area contributed by atoms with Gasteiger partial charge in [-0.3, -0.25) is 4.79 Å². The Labute approximate surface area is 95.4 Å². The molecule has 0 aliphatic heterocycles. The summed E-state index contributed by atoms with van der Waals surface area (Å²) in [6.07, 6.45) is 3.40. The third-order valence-corrected chi connectivity index (χ3v) is 2.38. The molecule has 1 rings (SSSR count). The number of nitrogens with two attached hydrogens (primary N) is 1. The molecule has 0 aliphatic carbocycles. The van der Waals surface area contributed by atoms with E-state index in [0.29, 0.717) is 19.0 Å². The van der Waals surface area contributed by atoms with Gasteiger partial charge in [0.15, 0.2) is 0 Å². The number of oxazole rings is 1. The maximum Gasteiger partial charge on any atom is 0.224 e. The van der Waals surface area contributed by atoms with Crippen LogP contribution in [0.25, 0.3) is 0 Å². The number of rotatable bonds is 6. The van der Waals surface area contributed by atoms with E-state index in [1.807, 2.05) is 13.8 Å². The van der Waals surface area contributed by atoms with Gasteiger partial charge in [0, 0.05) is 6.54 Å². The van der Waals surface area contributed by atoms with Crippen LogP contribution in [0.2, 0.25) is 0 Å². The van der Waals surface area contributed by atoms with Gasteiger partial charge in [-0.25, -0.2) is 4.98 Å². The lowest BCUT2D eigenvalue weighted by Gasteiger charge is -2.12. The van der Waals surface area contributed by atoms with E-state index >= 15 is 0 Å². The minimum Gasteiger partial charge on any atom is -0.444 e. The number of carbonyl (C=O) groups is 1. The molecule has 0 spiro atoms. The third-order valence-electron chi connectivity index (χ3n) is 2.38. The molecule has 1 unspecified atom stereocenters. The third kappa shape index (κ3) is 3.66. The fraction of sp³-hybridized carbons (Fsp3) is 0.636. The molecule has 1 aromatic heterocycles. The predicted octanol–water partition coefficient (Wildman–Crippen LogP) is 0.974. The number of hydrogen-bond donors (Lipinski definition) is 2. The zero-order valence-corrected chi connectivity index (χ0v) is 9.82. The highest BCUT2D eigenvalue weighted by Gasteiger charge is 2.15. The van der Waals surface area contributed by atoms with Crippen LogP contribution in [0.15, 0.2) is 10.6 Å². The van der Waals surface area contributed by atoms with Crippen LogP contribution in [0.1, 0.15) is 31.4 Å². The lowest BCUT2D eigenvalue weighted by atomic mass is 10.0. The van der Waals surface area contributed by atoms with Crippen LogP contribution in [0, 0.1) is 12.8 Å². The first-order valence-electron chi connectivity index (χ1n) is 5.56. The number of nitrogens with one attached hydrogen (secondary N) is 1. The minimum atomic E-state index is -0.110. The lowest BCUT2D eigenvalue weighted by molar-refractivity contribution is -0.125. The summed E-state index contributed by atoms with van der Waals surface area (Å²) in [5, 5.41) is 2.77. The molecular weight excluding hydrogens is 206 g/mol. The number of carbonyl (C=O) groups excluding carboxylic acids is 1. The predicted molar refractivity (Wildman–Crippen MR) is 60.5 cm³/mol. The van der Waals surface area contributed by atoms with E-state index in [1.54, 1.807) is 6.20 Å². The Morgan fingerprint density at radius 3 is 2.94 bits per heavy atom. The van der Waals surface area contributed by atoms with Crippen LogP contribution in [0.4, 0.5) is 0 Å². The highest BCUT2D eigenvalue weighted by atomic mass is 16.4. The van der Waals surface area contributed by atoms with E-state index < -0.39 is 0 Å². The van der Waals surface area contributed by atoms with Gasteiger partial charge in [0.05, 0.1) is 18.7 Å². The van der Waals surface area contributed by atoms with Crippen molar-refractivity contribution in [3.63, 3.8) is 0 Å². The Kier molecular flexibility index (Phi) is 4.98. The molecule has 5 heteroatoms. The topological polar surface area (TPSA) is 81.2 Å². The number of aryl methyl sites for hydroxylation is 1. The van der Waals surface area contributed by atoms with Gasteiger partial charge in [-0.05, 0) is 13.3 Å². The summed E-state index contributed by atoms with van der Waals surface area (Å²) in [5.41, 5.74) is 5.53. The van der Waals surface area contributed by atoms with Gasteiger partial charge >= 0.3 is 0 Å². The molecule has 0 saturated heterocycles. The van der Waals surface area contributed by atoms with Crippen molar-refractivity contribution in [3.8, 4) is 0 Å². The zero-order chi connectivity index (χ0) is 12.0. The number of aromatic nitrogens is 1. The van der Waals surface area contributed by atoms with E-state index in [4.69, 9.17) is 10.2 Å². The van der Waals surface area contributed by atoms with E-state index in [2.05, 4.69) is 10.3 Å². The van der Waals surface area contributed by atoms with Gasteiger partial charge in [-0.2, -0.15) is 0 Å². The molecule has 0 fully saturated rings. The Morgan fingerprint density at radius 1 is 1.69 bits per heavy atom. The second-order valence-electron chi connectivity index (χ2n) is 3.80. The van der Waals surface area contributed by atoms with Crippen molar-refractivity contribution in [3.05, 3.63) is 17.8 Å². The molecule has 1 aromatic rings. The average Bonchev–Trinajstić information content (AvgIpc) is 2.68. The van der Waals surface area contributed by atoms with Crippen molar-refractivity contribution < 1.29 is 9.21 Å². The van der Waals surface area contributed by atoms with Crippen LogP contribution in [-0.2, 0) is 11.3 Å². The van der Waals surface area contributed by atoms with Crippen molar-refractivity contribution in [2.75, 3.05) is 6.54 Å². The summed E-state index contributed by atoms with van der Waals surface area (Å²) in [4.78, 5) is 15.7. The Bertz CT molecular complexity index is 336. The second kappa shape index (κ2) is 6.27. The van der Waals surface area contributed by atoms with E-state index in [9.17, 15) is 4.79 Å². The fourth-order valence-electron chi connectivity index (χ4n) is 1.49. The first-order valence-corrected chi connectivity index (χ1v) is 5.56. The molecular formula is C11H19N3O2.